The van der Waals surface area contributed by atoms with E-state index in [1.54, 1.807) is 11.8 Å². The number of ether oxygens (including phenoxy) is 1. The summed E-state index contributed by atoms with van der Waals surface area (Å²) in [5, 5.41) is 0. The minimum absolute atomic E-state index is 0.447. The molecule has 0 heterocycles. The summed E-state index contributed by atoms with van der Waals surface area (Å²) in [7, 11) is 0. The third-order valence-corrected chi connectivity index (χ3v) is 2.34. The average molecular weight is 196 g/mol. The van der Waals surface area contributed by atoms with Crippen molar-refractivity contribution in [3.05, 3.63) is 24.3 Å². The number of para-hydroxylation sites is 1. The number of carbonyl (C=O) groups is 1. The smallest absolute Gasteiger partial charge is 0.132 e. The molecule has 0 aliphatic rings. The molecule has 0 unspecified atom stereocenters. The summed E-state index contributed by atoms with van der Waals surface area (Å²) in [6.45, 7) is 0.459. The minimum atomic E-state index is 0.447. The van der Waals surface area contributed by atoms with Crippen molar-refractivity contribution in [1.29, 1.82) is 0 Å². The summed E-state index contributed by atoms with van der Waals surface area (Å²) in [4.78, 5) is 11.2. The van der Waals surface area contributed by atoms with E-state index in [4.69, 9.17) is 4.74 Å². The summed E-state index contributed by atoms with van der Waals surface area (Å²) < 4.78 is 5.42. The number of rotatable bonds is 5. The molecule has 1 aromatic carbocycles. The van der Waals surface area contributed by atoms with Crippen LogP contribution in [-0.2, 0) is 4.79 Å². The first-order chi connectivity index (χ1) is 6.38. The van der Waals surface area contributed by atoms with E-state index in [9.17, 15) is 4.79 Å². The Kier molecular flexibility index (Phi) is 4.40. The summed E-state index contributed by atoms with van der Waals surface area (Å²) >= 11 is 1.64. The first kappa shape index (κ1) is 10.1. The molecule has 2 nitrogen and oxygen atoms in total. The minimum Gasteiger partial charge on any atom is -0.492 e. The van der Waals surface area contributed by atoms with Crippen molar-refractivity contribution in [3.8, 4) is 5.75 Å². The zero-order valence-electron chi connectivity index (χ0n) is 7.53. The molecule has 0 N–H and O–H groups in total. The maximum absolute atomic E-state index is 10.1. The molecule has 0 aliphatic carbocycles. The molecule has 3 heteroatoms. The van der Waals surface area contributed by atoms with Gasteiger partial charge in [0.1, 0.15) is 12.0 Å². The Morgan fingerprint density at radius 2 is 2.23 bits per heavy atom. The molecule has 0 aromatic heterocycles. The van der Waals surface area contributed by atoms with Crippen LogP contribution in [0.5, 0.6) is 5.75 Å². The van der Waals surface area contributed by atoms with Crippen LogP contribution in [0.15, 0.2) is 29.2 Å². The van der Waals surface area contributed by atoms with Gasteiger partial charge >= 0.3 is 0 Å². The van der Waals surface area contributed by atoms with E-state index in [0.29, 0.717) is 13.0 Å². The van der Waals surface area contributed by atoms with Crippen molar-refractivity contribution >= 4 is 18.0 Å². The zero-order valence-corrected chi connectivity index (χ0v) is 8.34. The molecule has 0 fully saturated rings. The Morgan fingerprint density at radius 3 is 2.92 bits per heavy atom. The van der Waals surface area contributed by atoms with Gasteiger partial charge in [-0.05, 0) is 18.4 Å². The number of benzene rings is 1. The molecule has 0 bridgehead atoms. The van der Waals surface area contributed by atoms with E-state index < -0.39 is 0 Å². The van der Waals surface area contributed by atoms with E-state index in [0.717, 1.165) is 16.9 Å². The Morgan fingerprint density at radius 1 is 1.46 bits per heavy atom. The van der Waals surface area contributed by atoms with Crippen LogP contribution < -0.4 is 4.74 Å². The molecule has 0 saturated carbocycles. The molecule has 0 radical (unpaired) electrons. The lowest BCUT2D eigenvalue weighted by molar-refractivity contribution is -0.108. The standard InChI is InChI=1S/C10H12O2S/c1-13-10-6-3-2-5-9(10)12-8-4-7-11/h2-3,5-7H,4,8H2,1H3. The van der Waals surface area contributed by atoms with Gasteiger partial charge in [-0.1, -0.05) is 12.1 Å². The van der Waals surface area contributed by atoms with Crippen LogP contribution in [-0.4, -0.2) is 19.1 Å². The highest BCUT2D eigenvalue weighted by molar-refractivity contribution is 7.98. The van der Waals surface area contributed by atoms with Crippen molar-refractivity contribution in [2.24, 2.45) is 0 Å². The third kappa shape index (κ3) is 3.11. The highest BCUT2D eigenvalue weighted by atomic mass is 32.2. The zero-order chi connectivity index (χ0) is 9.52. The number of carbonyl (C=O) groups excluding carboxylic acids is 1. The largest absolute Gasteiger partial charge is 0.492 e. The molecular weight excluding hydrogens is 184 g/mol. The van der Waals surface area contributed by atoms with E-state index in [1.165, 1.54) is 0 Å². The summed E-state index contributed by atoms with van der Waals surface area (Å²) in [6.07, 6.45) is 3.31. The average Bonchev–Trinajstić information content (AvgIpc) is 2.19. The third-order valence-electron chi connectivity index (χ3n) is 1.56. The predicted octanol–water partition coefficient (Wildman–Crippen LogP) is 2.38. The fourth-order valence-corrected chi connectivity index (χ4v) is 1.50. The molecule has 0 saturated heterocycles. The molecule has 13 heavy (non-hydrogen) atoms. The molecule has 1 rings (SSSR count). The second-order valence-corrected chi connectivity index (χ2v) is 3.30. The number of aldehydes is 1. The highest BCUT2D eigenvalue weighted by Crippen LogP contribution is 2.26. The van der Waals surface area contributed by atoms with Gasteiger partial charge in [-0.2, -0.15) is 0 Å². The van der Waals surface area contributed by atoms with E-state index in [1.807, 2.05) is 30.5 Å². The van der Waals surface area contributed by atoms with Gasteiger partial charge in [-0.3, -0.25) is 0 Å². The van der Waals surface area contributed by atoms with E-state index in [2.05, 4.69) is 0 Å². The van der Waals surface area contributed by atoms with E-state index in [-0.39, 0.29) is 0 Å². The Balaban J connectivity index is 2.58. The monoisotopic (exact) mass is 196 g/mol. The molecule has 70 valence electrons. The first-order valence-electron chi connectivity index (χ1n) is 4.08. The maximum Gasteiger partial charge on any atom is 0.132 e. The van der Waals surface area contributed by atoms with Crippen LogP contribution in [0.1, 0.15) is 6.42 Å². The lowest BCUT2D eigenvalue weighted by atomic mass is 10.3. The lowest BCUT2D eigenvalue weighted by Crippen LogP contribution is -1.98. The van der Waals surface area contributed by atoms with Gasteiger partial charge in [0.05, 0.1) is 6.61 Å². The Hall–Kier alpha value is -0.960. The van der Waals surface area contributed by atoms with Gasteiger partial charge in [0.2, 0.25) is 0 Å². The number of hydrogen-bond donors (Lipinski definition) is 0. The summed E-state index contributed by atoms with van der Waals surface area (Å²) in [6, 6.07) is 7.81. The van der Waals surface area contributed by atoms with Crippen LogP contribution in [0.4, 0.5) is 0 Å². The summed E-state index contributed by atoms with van der Waals surface area (Å²) in [5.74, 6) is 0.858. The van der Waals surface area contributed by atoms with Crippen molar-refractivity contribution in [3.63, 3.8) is 0 Å². The predicted molar refractivity (Wildman–Crippen MR) is 54.4 cm³/mol. The van der Waals surface area contributed by atoms with Crippen molar-refractivity contribution < 1.29 is 9.53 Å². The second-order valence-electron chi connectivity index (χ2n) is 2.45. The van der Waals surface area contributed by atoms with Gasteiger partial charge in [0.15, 0.2) is 0 Å². The molecule has 0 spiro atoms. The van der Waals surface area contributed by atoms with Gasteiger partial charge in [0, 0.05) is 11.3 Å². The molecular formula is C10H12O2S. The normalized spacial score (nSPS) is 9.62. The quantitative estimate of drug-likeness (QED) is 0.411. The fraction of sp³-hybridized carbons (Fsp3) is 0.300. The number of thioether (sulfide) groups is 1. The van der Waals surface area contributed by atoms with Crippen molar-refractivity contribution in [2.45, 2.75) is 11.3 Å². The lowest BCUT2D eigenvalue weighted by Gasteiger charge is -2.07. The highest BCUT2D eigenvalue weighted by Gasteiger charge is 1.99. The maximum atomic E-state index is 10.1. The molecule has 0 atom stereocenters. The number of hydrogen-bond acceptors (Lipinski definition) is 3. The summed E-state index contributed by atoms with van der Waals surface area (Å²) in [5.41, 5.74) is 0. The van der Waals surface area contributed by atoms with Crippen LogP contribution in [0.2, 0.25) is 0 Å². The van der Waals surface area contributed by atoms with Gasteiger partial charge in [0.25, 0.3) is 0 Å². The Labute approximate surface area is 82.3 Å². The van der Waals surface area contributed by atoms with Crippen LogP contribution in [0, 0.1) is 0 Å². The van der Waals surface area contributed by atoms with E-state index >= 15 is 0 Å². The van der Waals surface area contributed by atoms with Gasteiger partial charge < -0.3 is 9.53 Å². The SMILES string of the molecule is CSc1ccccc1OCCC=O. The van der Waals surface area contributed by atoms with Crippen molar-refractivity contribution in [1.82, 2.24) is 0 Å². The second kappa shape index (κ2) is 5.65. The molecule has 1 aromatic rings. The van der Waals surface area contributed by atoms with Crippen molar-refractivity contribution in [2.75, 3.05) is 12.9 Å². The van der Waals surface area contributed by atoms with Crippen LogP contribution >= 0.6 is 11.8 Å². The fourth-order valence-electron chi connectivity index (χ4n) is 0.955. The first-order valence-corrected chi connectivity index (χ1v) is 5.30. The molecule has 0 aliphatic heterocycles. The van der Waals surface area contributed by atoms with Crippen LogP contribution in [0.3, 0.4) is 0 Å². The van der Waals surface area contributed by atoms with Gasteiger partial charge in [-0.25, -0.2) is 0 Å². The molecule has 0 amide bonds. The Bertz CT molecular complexity index is 273. The van der Waals surface area contributed by atoms with Gasteiger partial charge in [-0.15, -0.1) is 11.8 Å². The topological polar surface area (TPSA) is 26.3 Å². The van der Waals surface area contributed by atoms with Crippen LogP contribution in [0.25, 0.3) is 0 Å².